The first-order valence-electron chi connectivity index (χ1n) is 8.70. The maximum Gasteiger partial charge on any atom is 0.516 e. The van der Waals surface area contributed by atoms with E-state index in [-0.39, 0.29) is 22.5 Å². The summed E-state index contributed by atoms with van der Waals surface area (Å²) < 4.78 is 61.6. The molecule has 1 amide bonds. The van der Waals surface area contributed by atoms with E-state index < -0.39 is 39.3 Å². The Morgan fingerprint density at radius 1 is 1.09 bits per heavy atom. The van der Waals surface area contributed by atoms with Crippen molar-refractivity contribution in [3.05, 3.63) is 64.1 Å². The highest BCUT2D eigenvalue weighted by Gasteiger charge is 2.47. The number of nitrogens with zero attached hydrogens (tertiary/aromatic N) is 2. The number of aromatic nitrogens is 2. The van der Waals surface area contributed by atoms with E-state index in [1.165, 1.54) is 48.6 Å². The molecule has 1 aromatic heterocycles. The summed E-state index contributed by atoms with van der Waals surface area (Å²) in [7, 11) is -5.94. The zero-order valence-electron chi connectivity index (χ0n) is 15.9. The average Bonchev–Trinajstić information content (AvgIpc) is 2.70. The third-order valence-corrected chi connectivity index (χ3v) is 5.27. The van der Waals surface area contributed by atoms with Crippen molar-refractivity contribution < 1.29 is 36.6 Å². The van der Waals surface area contributed by atoms with Crippen LogP contribution in [0.2, 0.25) is 0 Å². The van der Waals surface area contributed by atoms with Gasteiger partial charge in [-0.15, -0.1) is 0 Å². The van der Waals surface area contributed by atoms with Gasteiger partial charge in [0.2, 0.25) is 0 Å². The third-order valence-electron chi connectivity index (χ3n) is 4.17. The van der Waals surface area contributed by atoms with Crippen molar-refractivity contribution in [1.82, 2.24) is 14.3 Å². The van der Waals surface area contributed by atoms with Gasteiger partial charge in [-0.2, -0.15) is 21.6 Å². The number of hydrogen-bond donors (Lipinski definition) is 3. The van der Waals surface area contributed by atoms with E-state index in [1.54, 1.807) is 6.07 Å². The van der Waals surface area contributed by atoms with Crippen LogP contribution in [0.4, 0.5) is 13.2 Å². The van der Waals surface area contributed by atoms with Gasteiger partial charge in [-0.05, 0) is 35.9 Å². The molecule has 1 heterocycles. The number of fused-ring (bicyclic) bond motifs is 1. The van der Waals surface area contributed by atoms with Crippen LogP contribution in [0.3, 0.4) is 0 Å². The molecule has 32 heavy (non-hydrogen) atoms. The largest absolute Gasteiger partial charge is 0.516 e. The fraction of sp³-hybridized carbons (Fsp3) is 0.105. The number of rotatable bonds is 5. The van der Waals surface area contributed by atoms with Crippen molar-refractivity contribution in [2.24, 2.45) is 0 Å². The fourth-order valence-electron chi connectivity index (χ4n) is 2.68. The van der Waals surface area contributed by atoms with Gasteiger partial charge < -0.3 is 10.2 Å². The molecular formula is C19H14F3N3O6S. The molecule has 0 spiro atoms. The van der Waals surface area contributed by atoms with Gasteiger partial charge in [-0.1, -0.05) is 24.3 Å². The van der Waals surface area contributed by atoms with E-state index in [0.29, 0.717) is 5.56 Å². The Morgan fingerprint density at radius 2 is 1.78 bits per heavy atom. The smallest absolute Gasteiger partial charge is 0.504 e. The molecule has 0 saturated heterocycles. The Morgan fingerprint density at radius 3 is 2.44 bits per heavy atom. The van der Waals surface area contributed by atoms with Gasteiger partial charge in [0, 0.05) is 0 Å². The van der Waals surface area contributed by atoms with Crippen molar-refractivity contribution in [2.75, 3.05) is 0 Å². The summed E-state index contributed by atoms with van der Waals surface area (Å²) in [6, 6.07) is 9.80. The van der Waals surface area contributed by atoms with E-state index >= 15 is 0 Å². The second-order valence-corrected chi connectivity index (χ2v) is 8.11. The van der Waals surface area contributed by atoms with E-state index in [4.69, 9.17) is 0 Å². The summed E-state index contributed by atoms with van der Waals surface area (Å²) in [5, 5.41) is 18.9. The minimum atomic E-state index is -5.94. The molecule has 3 rings (SSSR count). The summed E-state index contributed by atoms with van der Waals surface area (Å²) in [5.74, 6) is -2.33. The number of para-hydroxylation sites is 2. The van der Waals surface area contributed by atoms with Crippen LogP contribution in [0.15, 0.2) is 47.3 Å². The zero-order chi connectivity index (χ0) is 23.7. The Balaban J connectivity index is 2.02. The van der Waals surface area contributed by atoms with E-state index in [0.717, 1.165) is 9.29 Å². The van der Waals surface area contributed by atoms with Crippen molar-refractivity contribution in [3.63, 3.8) is 0 Å². The summed E-state index contributed by atoms with van der Waals surface area (Å²) in [6.45, 7) is -1.02. The Bertz CT molecular complexity index is 1400. The molecule has 13 heteroatoms. The van der Waals surface area contributed by atoms with Crippen molar-refractivity contribution >= 4 is 39.1 Å². The Hall–Kier alpha value is -3.87. The van der Waals surface area contributed by atoms with E-state index in [2.05, 4.69) is 4.98 Å². The standard InChI is InChI=1S/C19H14F3N3O6S/c20-19(21,22)32(30,31)24-17(28)10-25-14-4-2-1-3-12(14)23-13(18(25)29)7-5-11-6-8-15(26)16(27)9-11/h1-9,26-27H,10H2,(H,24,28)/b7-5+. The van der Waals surface area contributed by atoms with Crippen molar-refractivity contribution in [3.8, 4) is 11.5 Å². The van der Waals surface area contributed by atoms with Crippen LogP contribution in [0.5, 0.6) is 11.5 Å². The normalized spacial score (nSPS) is 12.3. The van der Waals surface area contributed by atoms with Crippen LogP contribution in [-0.2, 0) is 21.4 Å². The van der Waals surface area contributed by atoms with Crippen LogP contribution in [-0.4, -0.2) is 39.6 Å². The highest BCUT2D eigenvalue weighted by atomic mass is 32.2. The Labute approximate surface area is 178 Å². The van der Waals surface area contributed by atoms with Gasteiger partial charge in [-0.3, -0.25) is 14.2 Å². The van der Waals surface area contributed by atoms with Crippen LogP contribution in [0.1, 0.15) is 11.3 Å². The summed E-state index contributed by atoms with van der Waals surface area (Å²) in [4.78, 5) is 29.0. The fourth-order valence-corrected chi connectivity index (χ4v) is 3.16. The second-order valence-electron chi connectivity index (χ2n) is 6.43. The van der Waals surface area contributed by atoms with Crippen molar-refractivity contribution in [2.45, 2.75) is 12.1 Å². The molecular weight excluding hydrogens is 455 g/mol. The number of carbonyl (C=O) groups excluding carboxylic acids is 1. The van der Waals surface area contributed by atoms with Gasteiger partial charge in [0.05, 0.1) is 11.0 Å². The van der Waals surface area contributed by atoms with E-state index in [9.17, 15) is 41.4 Å². The summed E-state index contributed by atoms with van der Waals surface area (Å²) >= 11 is 0. The van der Waals surface area contributed by atoms with Crippen molar-refractivity contribution in [1.29, 1.82) is 0 Å². The number of sulfonamides is 1. The third kappa shape index (κ3) is 4.72. The van der Waals surface area contributed by atoms with Gasteiger partial charge in [0.1, 0.15) is 12.2 Å². The highest BCUT2D eigenvalue weighted by Crippen LogP contribution is 2.25. The number of alkyl halides is 3. The second kappa shape index (κ2) is 8.34. The predicted molar refractivity (Wildman–Crippen MR) is 108 cm³/mol. The molecule has 0 aliphatic rings. The highest BCUT2D eigenvalue weighted by molar-refractivity contribution is 7.90. The molecule has 9 nitrogen and oxygen atoms in total. The number of carbonyl (C=O) groups is 1. The SMILES string of the molecule is O=C(Cn1c(=O)c(/C=C/c2ccc(O)c(O)c2)nc2ccccc21)NS(=O)(=O)C(F)(F)F. The lowest BCUT2D eigenvalue weighted by molar-refractivity contribution is -0.120. The quantitative estimate of drug-likeness (QED) is 0.486. The number of aromatic hydroxyl groups is 2. The topological polar surface area (TPSA) is 139 Å². The van der Waals surface area contributed by atoms with E-state index in [1.807, 2.05) is 0 Å². The molecule has 2 aromatic carbocycles. The molecule has 168 valence electrons. The molecule has 0 saturated carbocycles. The first kappa shape index (κ1) is 22.8. The van der Waals surface area contributed by atoms with Crippen LogP contribution >= 0.6 is 0 Å². The lowest BCUT2D eigenvalue weighted by Crippen LogP contribution is -2.43. The van der Waals surface area contributed by atoms with Gasteiger partial charge in [0.15, 0.2) is 11.5 Å². The molecule has 0 aliphatic carbocycles. The van der Waals surface area contributed by atoms with Crippen LogP contribution < -0.4 is 10.3 Å². The monoisotopic (exact) mass is 469 g/mol. The minimum Gasteiger partial charge on any atom is -0.504 e. The predicted octanol–water partition coefficient (Wildman–Crippen LogP) is 1.94. The van der Waals surface area contributed by atoms with Crippen LogP contribution in [0.25, 0.3) is 23.2 Å². The Kier molecular flexibility index (Phi) is 5.94. The number of amides is 1. The molecule has 0 aliphatic heterocycles. The van der Waals surface area contributed by atoms with Crippen LogP contribution in [0, 0.1) is 0 Å². The molecule has 0 fully saturated rings. The number of halogens is 3. The number of hydrogen-bond acceptors (Lipinski definition) is 7. The lowest BCUT2D eigenvalue weighted by atomic mass is 10.1. The number of benzene rings is 2. The maximum absolute atomic E-state index is 12.8. The molecule has 3 aromatic rings. The molecule has 0 bridgehead atoms. The maximum atomic E-state index is 12.8. The first-order valence-corrected chi connectivity index (χ1v) is 10.2. The summed E-state index contributed by atoms with van der Waals surface area (Å²) in [5.41, 5.74) is -6.08. The van der Waals surface area contributed by atoms with Gasteiger partial charge >= 0.3 is 15.5 Å². The molecule has 3 N–H and O–H groups in total. The minimum absolute atomic E-state index is 0.0940. The molecule has 0 atom stereocenters. The summed E-state index contributed by atoms with van der Waals surface area (Å²) in [6.07, 6.45) is 2.61. The molecule has 0 radical (unpaired) electrons. The van der Waals surface area contributed by atoms with Gasteiger partial charge in [-0.25, -0.2) is 9.71 Å². The number of phenolic OH excluding ortho intramolecular Hbond substituents is 2. The zero-order valence-corrected chi connectivity index (χ0v) is 16.7. The average molecular weight is 469 g/mol. The first-order chi connectivity index (χ1) is 14.9. The lowest BCUT2D eigenvalue weighted by Gasteiger charge is -2.12. The van der Waals surface area contributed by atoms with Gasteiger partial charge in [0.25, 0.3) is 11.5 Å². The molecule has 0 unspecified atom stereocenters. The number of phenols is 2. The number of nitrogens with one attached hydrogen (secondary N) is 1.